The van der Waals surface area contributed by atoms with Gasteiger partial charge in [-0.2, -0.15) is 15.0 Å². The fourth-order valence-corrected chi connectivity index (χ4v) is 2.28. The van der Waals surface area contributed by atoms with Crippen molar-refractivity contribution in [1.82, 2.24) is 15.0 Å². The van der Waals surface area contributed by atoms with Crippen LogP contribution in [0.2, 0.25) is 0 Å². The Morgan fingerprint density at radius 1 is 1.07 bits per heavy atom. The van der Waals surface area contributed by atoms with Gasteiger partial charge in [0.15, 0.2) is 12.4 Å². The van der Waals surface area contributed by atoms with Crippen molar-refractivity contribution >= 4 is 23.6 Å². The number of carbonyl (C=O) groups is 1. The number of nitrogens with zero attached hydrogens (tertiary/aromatic N) is 3. The van der Waals surface area contributed by atoms with Gasteiger partial charge in [-0.3, -0.25) is 0 Å². The summed E-state index contributed by atoms with van der Waals surface area (Å²) >= 11 is 0. The third-order valence-electron chi connectivity index (χ3n) is 3.71. The molecule has 0 aliphatic heterocycles. The third-order valence-corrected chi connectivity index (χ3v) is 3.71. The topological polar surface area (TPSA) is 123 Å². The second-order valence-corrected chi connectivity index (χ2v) is 5.86. The van der Waals surface area contributed by atoms with Gasteiger partial charge in [-0.05, 0) is 36.8 Å². The largest absolute Gasteiger partial charge is 0.454 e. The molecule has 8 nitrogen and oxygen atoms in total. The number of aliphatic hydroxyl groups excluding tert-OH is 1. The molecule has 1 heterocycles. The van der Waals surface area contributed by atoms with Gasteiger partial charge < -0.3 is 20.9 Å². The van der Waals surface area contributed by atoms with Gasteiger partial charge in [-0.15, -0.1) is 0 Å². The minimum absolute atomic E-state index is 0.0259. The lowest BCUT2D eigenvalue weighted by Gasteiger charge is -2.08. The molecule has 3 rings (SSSR count). The number of nitrogen functional groups attached to an aromatic ring is 1. The van der Waals surface area contributed by atoms with Crippen LogP contribution < -0.4 is 11.1 Å². The van der Waals surface area contributed by atoms with Gasteiger partial charge >= 0.3 is 5.97 Å². The summed E-state index contributed by atoms with van der Waals surface area (Å²) in [5.41, 5.74) is 8.74. The van der Waals surface area contributed by atoms with Crippen LogP contribution in [0, 0.1) is 6.92 Å². The van der Waals surface area contributed by atoms with Gasteiger partial charge in [0.1, 0.15) is 0 Å². The molecule has 0 atom stereocenters. The molecule has 0 spiro atoms. The Morgan fingerprint density at radius 3 is 2.44 bits per heavy atom. The average molecular weight is 365 g/mol. The standard InChI is InChI=1S/C19H19N5O3/c1-12-2-8-15(9-3-12)21-19-23-16(22-18(20)24-19)11-27-17(26)14-6-4-13(10-25)5-7-14/h2-9,25H,10-11H2,1H3,(H3,20,21,22,23,24). The molecular weight excluding hydrogens is 346 g/mol. The first-order valence-corrected chi connectivity index (χ1v) is 8.24. The van der Waals surface area contributed by atoms with Gasteiger partial charge in [-0.25, -0.2) is 4.79 Å². The van der Waals surface area contributed by atoms with Crippen LogP contribution in [0.1, 0.15) is 27.3 Å². The summed E-state index contributed by atoms with van der Waals surface area (Å²) in [6, 6.07) is 14.2. The average Bonchev–Trinajstić information content (AvgIpc) is 2.67. The molecule has 0 fully saturated rings. The van der Waals surface area contributed by atoms with Gasteiger partial charge in [0.05, 0.1) is 12.2 Å². The Bertz CT molecular complexity index is 927. The number of nitrogens with two attached hydrogens (primary N) is 1. The van der Waals surface area contributed by atoms with Crippen LogP contribution in [-0.2, 0) is 18.0 Å². The molecular formula is C19H19N5O3. The van der Waals surface area contributed by atoms with E-state index in [1.807, 2.05) is 31.2 Å². The highest BCUT2D eigenvalue weighted by molar-refractivity contribution is 5.89. The Kier molecular flexibility index (Phi) is 5.58. The van der Waals surface area contributed by atoms with E-state index < -0.39 is 5.97 Å². The number of aliphatic hydroxyl groups is 1. The number of esters is 1. The summed E-state index contributed by atoms with van der Waals surface area (Å²) in [5, 5.41) is 12.1. The van der Waals surface area contributed by atoms with Crippen LogP contribution in [0.15, 0.2) is 48.5 Å². The van der Waals surface area contributed by atoms with Gasteiger partial charge in [0, 0.05) is 5.69 Å². The van der Waals surface area contributed by atoms with Crippen LogP contribution in [0.25, 0.3) is 0 Å². The molecule has 27 heavy (non-hydrogen) atoms. The second kappa shape index (κ2) is 8.24. The van der Waals surface area contributed by atoms with Crippen molar-refractivity contribution in [3.05, 3.63) is 71.0 Å². The lowest BCUT2D eigenvalue weighted by molar-refractivity contribution is 0.0462. The Morgan fingerprint density at radius 2 is 1.78 bits per heavy atom. The van der Waals surface area contributed by atoms with Gasteiger partial charge in [0.2, 0.25) is 11.9 Å². The third kappa shape index (κ3) is 4.99. The van der Waals surface area contributed by atoms with Crippen LogP contribution in [0.4, 0.5) is 17.6 Å². The summed E-state index contributed by atoms with van der Waals surface area (Å²) in [6.45, 7) is 1.76. The molecule has 3 aromatic rings. The van der Waals surface area contributed by atoms with Crippen LogP contribution in [-0.4, -0.2) is 26.0 Å². The summed E-state index contributed by atoms with van der Waals surface area (Å²) in [4.78, 5) is 24.4. The highest BCUT2D eigenvalue weighted by Crippen LogP contribution is 2.15. The number of aryl methyl sites for hydroxylation is 1. The Balaban J connectivity index is 1.66. The van der Waals surface area contributed by atoms with E-state index in [4.69, 9.17) is 15.6 Å². The molecule has 0 bridgehead atoms. The van der Waals surface area contributed by atoms with E-state index in [1.165, 1.54) is 0 Å². The molecule has 8 heteroatoms. The van der Waals surface area contributed by atoms with Crippen molar-refractivity contribution in [3.63, 3.8) is 0 Å². The summed E-state index contributed by atoms with van der Waals surface area (Å²) in [7, 11) is 0. The molecule has 0 radical (unpaired) electrons. The monoisotopic (exact) mass is 365 g/mol. The van der Waals surface area contributed by atoms with E-state index in [2.05, 4.69) is 20.3 Å². The highest BCUT2D eigenvalue weighted by Gasteiger charge is 2.11. The highest BCUT2D eigenvalue weighted by atomic mass is 16.5. The molecule has 0 unspecified atom stereocenters. The van der Waals surface area contributed by atoms with Crippen molar-refractivity contribution < 1.29 is 14.6 Å². The van der Waals surface area contributed by atoms with Crippen LogP contribution in [0.5, 0.6) is 0 Å². The van der Waals surface area contributed by atoms with E-state index in [0.29, 0.717) is 11.1 Å². The van der Waals surface area contributed by atoms with E-state index in [1.54, 1.807) is 24.3 Å². The lowest BCUT2D eigenvalue weighted by Crippen LogP contribution is -2.11. The summed E-state index contributed by atoms with van der Waals surface area (Å²) in [5.74, 6) is 0.00613. The number of rotatable bonds is 6. The molecule has 4 N–H and O–H groups in total. The van der Waals surface area contributed by atoms with Gasteiger partial charge in [0.25, 0.3) is 0 Å². The fraction of sp³-hybridized carbons (Fsp3) is 0.158. The number of hydrogen-bond donors (Lipinski definition) is 3. The molecule has 1 aromatic heterocycles. The quantitative estimate of drug-likeness (QED) is 0.569. The first-order valence-electron chi connectivity index (χ1n) is 8.24. The van der Waals surface area contributed by atoms with Crippen molar-refractivity contribution in [2.24, 2.45) is 0 Å². The van der Waals surface area contributed by atoms with E-state index in [-0.39, 0.29) is 30.9 Å². The smallest absolute Gasteiger partial charge is 0.338 e. The second-order valence-electron chi connectivity index (χ2n) is 5.86. The zero-order chi connectivity index (χ0) is 19.2. The zero-order valence-corrected chi connectivity index (χ0v) is 14.7. The molecule has 0 aliphatic carbocycles. The minimum Gasteiger partial charge on any atom is -0.454 e. The molecule has 0 amide bonds. The van der Waals surface area contributed by atoms with Crippen LogP contribution in [0.3, 0.4) is 0 Å². The number of nitrogens with one attached hydrogen (secondary N) is 1. The molecule has 0 saturated heterocycles. The molecule has 0 saturated carbocycles. The SMILES string of the molecule is Cc1ccc(Nc2nc(N)nc(COC(=O)c3ccc(CO)cc3)n2)cc1. The number of aromatic nitrogens is 3. The number of benzene rings is 2. The fourth-order valence-electron chi connectivity index (χ4n) is 2.28. The number of anilines is 3. The lowest BCUT2D eigenvalue weighted by atomic mass is 10.1. The predicted molar refractivity (Wildman–Crippen MR) is 100 cm³/mol. The normalized spacial score (nSPS) is 10.4. The van der Waals surface area contributed by atoms with Crippen molar-refractivity contribution in [2.45, 2.75) is 20.1 Å². The maximum Gasteiger partial charge on any atom is 0.338 e. The minimum atomic E-state index is -0.522. The Labute approximate surface area is 156 Å². The van der Waals surface area contributed by atoms with E-state index in [9.17, 15) is 4.79 Å². The van der Waals surface area contributed by atoms with Crippen molar-refractivity contribution in [1.29, 1.82) is 0 Å². The molecule has 138 valence electrons. The maximum atomic E-state index is 12.1. The van der Waals surface area contributed by atoms with Crippen molar-refractivity contribution in [2.75, 3.05) is 11.1 Å². The first-order chi connectivity index (χ1) is 13.0. The number of ether oxygens (including phenoxy) is 1. The summed E-state index contributed by atoms with van der Waals surface area (Å²) < 4.78 is 5.23. The Hall–Kier alpha value is -3.52. The van der Waals surface area contributed by atoms with E-state index in [0.717, 1.165) is 11.3 Å². The van der Waals surface area contributed by atoms with Crippen molar-refractivity contribution in [3.8, 4) is 0 Å². The van der Waals surface area contributed by atoms with Crippen LogP contribution >= 0.6 is 0 Å². The predicted octanol–water partition coefficient (Wildman–Crippen LogP) is 2.36. The molecule has 2 aromatic carbocycles. The first kappa shape index (κ1) is 18.3. The number of hydrogen-bond acceptors (Lipinski definition) is 8. The van der Waals surface area contributed by atoms with Gasteiger partial charge in [-0.1, -0.05) is 29.8 Å². The maximum absolute atomic E-state index is 12.1. The number of carbonyl (C=O) groups excluding carboxylic acids is 1. The molecule has 0 aliphatic rings. The summed E-state index contributed by atoms with van der Waals surface area (Å²) in [6.07, 6.45) is 0. The van der Waals surface area contributed by atoms with E-state index >= 15 is 0 Å². The zero-order valence-electron chi connectivity index (χ0n) is 14.7.